The molecular weight excluding hydrogens is 454 g/mol. The first-order valence-electron chi connectivity index (χ1n) is 11.1. The molecular formula is C25H23N3O5S. The van der Waals surface area contributed by atoms with Gasteiger partial charge in [0.2, 0.25) is 0 Å². The number of aliphatic carboxylic acids is 1. The van der Waals surface area contributed by atoms with E-state index in [0.29, 0.717) is 9.88 Å². The van der Waals surface area contributed by atoms with E-state index in [-0.39, 0.29) is 37.6 Å². The zero-order valence-electron chi connectivity index (χ0n) is 18.3. The summed E-state index contributed by atoms with van der Waals surface area (Å²) in [5.74, 6) is -1.40. The summed E-state index contributed by atoms with van der Waals surface area (Å²) in [4.78, 5) is 42.1. The van der Waals surface area contributed by atoms with E-state index >= 15 is 0 Å². The Morgan fingerprint density at radius 2 is 1.71 bits per heavy atom. The summed E-state index contributed by atoms with van der Waals surface area (Å²) in [6.07, 6.45) is 2.50. The largest absolute Gasteiger partial charge is 0.480 e. The third-order valence-electron chi connectivity index (χ3n) is 6.05. The molecule has 2 aliphatic rings. The minimum absolute atomic E-state index is 0.0203. The lowest BCUT2D eigenvalue weighted by atomic mass is 9.98. The highest BCUT2D eigenvalue weighted by atomic mass is 32.1. The van der Waals surface area contributed by atoms with Crippen LogP contribution in [0.3, 0.4) is 0 Å². The van der Waals surface area contributed by atoms with Crippen molar-refractivity contribution >= 4 is 29.3 Å². The predicted octanol–water partition coefficient (Wildman–Crippen LogP) is 3.87. The van der Waals surface area contributed by atoms with Gasteiger partial charge in [-0.05, 0) is 35.1 Å². The standard InChI is InChI=1S/C25H23N3O5S/c29-23(30)13-28(15-9-10-15)24(31)21-11-26-22(34-21)12-27-25(32)33-14-20-18-7-3-1-5-16(18)17-6-2-4-8-19(17)20/h1-8,11,15,20H,9-10,12-14H2,(H,27,32)(H,29,30). The van der Waals surface area contributed by atoms with Gasteiger partial charge in [0.25, 0.3) is 5.91 Å². The van der Waals surface area contributed by atoms with Crippen molar-refractivity contribution in [3.8, 4) is 11.1 Å². The molecule has 1 saturated carbocycles. The lowest BCUT2D eigenvalue weighted by Gasteiger charge is -2.18. The number of ether oxygens (including phenoxy) is 1. The van der Waals surface area contributed by atoms with Crippen LogP contribution in [-0.4, -0.2) is 52.2 Å². The molecule has 2 N–H and O–H groups in total. The third kappa shape index (κ3) is 4.51. The number of fused-ring (bicyclic) bond motifs is 3. The molecule has 0 radical (unpaired) electrons. The number of nitrogens with zero attached hydrogens (tertiary/aromatic N) is 2. The van der Waals surface area contributed by atoms with E-state index in [1.807, 2.05) is 24.3 Å². The van der Waals surface area contributed by atoms with E-state index in [4.69, 9.17) is 9.84 Å². The zero-order valence-corrected chi connectivity index (χ0v) is 19.1. The van der Waals surface area contributed by atoms with Crippen molar-refractivity contribution < 1.29 is 24.2 Å². The quantitative estimate of drug-likeness (QED) is 0.510. The van der Waals surface area contributed by atoms with Gasteiger partial charge in [-0.1, -0.05) is 48.5 Å². The van der Waals surface area contributed by atoms with Gasteiger partial charge in [0.1, 0.15) is 23.0 Å². The lowest BCUT2D eigenvalue weighted by molar-refractivity contribution is -0.137. The van der Waals surface area contributed by atoms with Gasteiger partial charge < -0.3 is 20.1 Å². The maximum atomic E-state index is 12.7. The first-order chi connectivity index (χ1) is 16.5. The number of benzene rings is 2. The van der Waals surface area contributed by atoms with E-state index in [1.54, 1.807) is 0 Å². The average Bonchev–Trinajstić information content (AvgIpc) is 3.48. The van der Waals surface area contributed by atoms with E-state index < -0.39 is 12.1 Å². The molecule has 0 bridgehead atoms. The Bertz CT molecular complexity index is 1210. The molecule has 174 valence electrons. The van der Waals surface area contributed by atoms with Gasteiger partial charge >= 0.3 is 12.1 Å². The molecule has 0 atom stereocenters. The van der Waals surface area contributed by atoms with Gasteiger partial charge in [0.15, 0.2) is 0 Å². The Balaban J connectivity index is 1.17. The number of hydrogen-bond donors (Lipinski definition) is 2. The number of aromatic nitrogens is 1. The number of carbonyl (C=O) groups is 3. The topological polar surface area (TPSA) is 109 Å². The predicted molar refractivity (Wildman–Crippen MR) is 126 cm³/mol. The van der Waals surface area contributed by atoms with Crippen LogP contribution in [0.25, 0.3) is 11.1 Å². The molecule has 1 aromatic heterocycles. The minimum atomic E-state index is -1.04. The first-order valence-corrected chi connectivity index (χ1v) is 11.9. The van der Waals surface area contributed by atoms with Gasteiger partial charge in [-0.25, -0.2) is 9.78 Å². The zero-order chi connectivity index (χ0) is 23.7. The number of thiazole rings is 1. The Morgan fingerprint density at radius 1 is 1.06 bits per heavy atom. The fourth-order valence-corrected chi connectivity index (χ4v) is 5.14. The van der Waals surface area contributed by atoms with Crippen molar-refractivity contribution in [3.05, 3.63) is 75.7 Å². The molecule has 2 aromatic carbocycles. The van der Waals surface area contributed by atoms with Gasteiger partial charge in [0.05, 0.1) is 12.7 Å². The fourth-order valence-electron chi connectivity index (χ4n) is 4.33. The second-order valence-corrected chi connectivity index (χ2v) is 9.47. The SMILES string of the molecule is O=C(O)CN(C(=O)c1cnc(CNC(=O)OCC2c3ccccc3-c3ccccc32)s1)C1CC1. The van der Waals surface area contributed by atoms with E-state index in [2.05, 4.69) is 34.6 Å². The fraction of sp³-hybridized carbons (Fsp3) is 0.280. The molecule has 9 heteroatoms. The van der Waals surface area contributed by atoms with Crippen LogP contribution in [0.1, 0.15) is 44.6 Å². The van der Waals surface area contributed by atoms with Crippen LogP contribution in [-0.2, 0) is 16.1 Å². The number of carboxylic acids is 1. The maximum absolute atomic E-state index is 12.7. The van der Waals surface area contributed by atoms with Crippen molar-refractivity contribution in [3.63, 3.8) is 0 Å². The molecule has 2 amide bonds. The molecule has 3 aromatic rings. The Kier molecular flexibility index (Phi) is 6.02. The molecule has 8 nitrogen and oxygen atoms in total. The number of hydrogen-bond acceptors (Lipinski definition) is 6. The van der Waals surface area contributed by atoms with Gasteiger partial charge in [-0.3, -0.25) is 9.59 Å². The van der Waals surface area contributed by atoms with Crippen LogP contribution >= 0.6 is 11.3 Å². The van der Waals surface area contributed by atoms with Crippen molar-refractivity contribution in [2.45, 2.75) is 31.3 Å². The van der Waals surface area contributed by atoms with Gasteiger partial charge in [-0.15, -0.1) is 11.3 Å². The Labute approximate surface area is 200 Å². The van der Waals surface area contributed by atoms with Crippen LogP contribution in [0.2, 0.25) is 0 Å². The van der Waals surface area contributed by atoms with E-state index in [0.717, 1.165) is 46.4 Å². The lowest BCUT2D eigenvalue weighted by Crippen LogP contribution is -2.37. The summed E-state index contributed by atoms with van der Waals surface area (Å²) >= 11 is 1.14. The summed E-state index contributed by atoms with van der Waals surface area (Å²) < 4.78 is 5.52. The molecule has 0 unspecified atom stereocenters. The highest BCUT2D eigenvalue weighted by Crippen LogP contribution is 2.44. The van der Waals surface area contributed by atoms with Crippen LogP contribution in [0.5, 0.6) is 0 Å². The molecule has 1 heterocycles. The van der Waals surface area contributed by atoms with Crippen LogP contribution in [0.15, 0.2) is 54.7 Å². The summed E-state index contributed by atoms with van der Waals surface area (Å²) in [5.41, 5.74) is 4.60. The highest BCUT2D eigenvalue weighted by molar-refractivity contribution is 7.13. The molecule has 0 aliphatic heterocycles. The minimum Gasteiger partial charge on any atom is -0.480 e. The molecule has 2 aliphatic carbocycles. The van der Waals surface area contributed by atoms with Gasteiger partial charge in [-0.2, -0.15) is 0 Å². The molecule has 34 heavy (non-hydrogen) atoms. The Morgan fingerprint density at radius 3 is 2.32 bits per heavy atom. The van der Waals surface area contributed by atoms with Gasteiger partial charge in [0, 0.05) is 12.0 Å². The average molecular weight is 478 g/mol. The van der Waals surface area contributed by atoms with E-state index in [9.17, 15) is 14.4 Å². The molecule has 0 saturated heterocycles. The van der Waals surface area contributed by atoms with E-state index in [1.165, 1.54) is 11.1 Å². The summed E-state index contributed by atoms with van der Waals surface area (Å²) in [6, 6.07) is 16.2. The number of carboxylic acid groups (broad SMARTS) is 1. The normalized spacial score (nSPS) is 14.2. The number of alkyl carbamates (subject to hydrolysis) is 1. The van der Waals surface area contributed by atoms with Crippen LogP contribution in [0, 0.1) is 0 Å². The summed E-state index contributed by atoms with van der Waals surface area (Å²) in [7, 11) is 0. The number of rotatable bonds is 8. The molecule has 0 spiro atoms. The summed E-state index contributed by atoms with van der Waals surface area (Å²) in [6.45, 7) is 0.0126. The van der Waals surface area contributed by atoms with Crippen molar-refractivity contribution in [2.24, 2.45) is 0 Å². The second-order valence-electron chi connectivity index (χ2n) is 8.36. The second kappa shape index (κ2) is 9.26. The molecule has 1 fully saturated rings. The summed E-state index contributed by atoms with van der Waals surface area (Å²) in [5, 5.41) is 12.3. The molecule has 5 rings (SSSR count). The van der Waals surface area contributed by atoms with Crippen molar-refractivity contribution in [2.75, 3.05) is 13.2 Å². The van der Waals surface area contributed by atoms with Crippen molar-refractivity contribution in [1.29, 1.82) is 0 Å². The van der Waals surface area contributed by atoms with Crippen LogP contribution in [0.4, 0.5) is 4.79 Å². The number of nitrogens with one attached hydrogen (secondary N) is 1. The number of carbonyl (C=O) groups excluding carboxylic acids is 2. The maximum Gasteiger partial charge on any atom is 0.407 e. The van der Waals surface area contributed by atoms with Crippen LogP contribution < -0.4 is 5.32 Å². The Hall–Kier alpha value is -3.72. The monoisotopic (exact) mass is 477 g/mol. The smallest absolute Gasteiger partial charge is 0.407 e. The first kappa shape index (κ1) is 22.1. The number of amides is 2. The van der Waals surface area contributed by atoms with Crippen molar-refractivity contribution in [1.82, 2.24) is 15.2 Å². The highest BCUT2D eigenvalue weighted by Gasteiger charge is 2.35. The third-order valence-corrected chi connectivity index (χ3v) is 7.03.